The Hall–Kier alpha value is -0.730. The number of hydrogen-bond donors (Lipinski definition) is 2. The first-order valence-corrected chi connectivity index (χ1v) is 5.93. The predicted octanol–water partition coefficient (Wildman–Crippen LogP) is 2.43. The highest BCUT2D eigenvalue weighted by Crippen LogP contribution is 2.40. The lowest BCUT2D eigenvalue weighted by Crippen LogP contribution is -2.46. The molecule has 0 bridgehead atoms. The van der Waals surface area contributed by atoms with Crippen molar-refractivity contribution in [3.05, 3.63) is 28.8 Å². The van der Waals surface area contributed by atoms with Gasteiger partial charge in [0.05, 0.1) is 0 Å². The summed E-state index contributed by atoms with van der Waals surface area (Å²) >= 11 is 6.22. The second-order valence-electron chi connectivity index (χ2n) is 4.60. The lowest BCUT2D eigenvalue weighted by molar-refractivity contribution is 0.348. The molecule has 0 saturated carbocycles. The summed E-state index contributed by atoms with van der Waals surface area (Å²) in [6.45, 7) is 2.22. The highest BCUT2D eigenvalue weighted by atomic mass is 35.5. The first-order valence-electron chi connectivity index (χ1n) is 5.55. The number of anilines is 1. The van der Waals surface area contributed by atoms with Gasteiger partial charge in [-0.05, 0) is 50.0 Å². The number of fused-ring (bicyclic) bond motifs is 1. The molecule has 3 heteroatoms. The Morgan fingerprint density at radius 1 is 1.20 bits per heavy atom. The molecule has 0 radical (unpaired) electrons. The molecule has 0 unspecified atom stereocenters. The van der Waals surface area contributed by atoms with Gasteiger partial charge < -0.3 is 10.6 Å². The van der Waals surface area contributed by atoms with Crippen LogP contribution in [0.1, 0.15) is 18.4 Å². The first-order chi connectivity index (χ1) is 7.29. The number of piperidine rings is 1. The van der Waals surface area contributed by atoms with E-state index in [0.717, 1.165) is 24.5 Å². The number of rotatable bonds is 0. The quantitative estimate of drug-likeness (QED) is 0.705. The van der Waals surface area contributed by atoms with Gasteiger partial charge in [0.25, 0.3) is 0 Å². The molecule has 2 aliphatic rings. The Bertz CT molecular complexity index is 383. The fourth-order valence-electron chi connectivity index (χ4n) is 2.73. The van der Waals surface area contributed by atoms with Gasteiger partial charge in [0.15, 0.2) is 0 Å². The van der Waals surface area contributed by atoms with Crippen LogP contribution >= 0.6 is 11.6 Å². The highest BCUT2D eigenvalue weighted by molar-refractivity contribution is 6.31. The van der Waals surface area contributed by atoms with E-state index < -0.39 is 0 Å². The van der Waals surface area contributed by atoms with E-state index in [4.69, 9.17) is 11.6 Å². The fraction of sp³-hybridized carbons (Fsp3) is 0.500. The van der Waals surface area contributed by atoms with E-state index in [2.05, 4.69) is 16.7 Å². The van der Waals surface area contributed by atoms with E-state index in [1.165, 1.54) is 24.1 Å². The Labute approximate surface area is 95.0 Å². The maximum atomic E-state index is 6.22. The van der Waals surface area contributed by atoms with Gasteiger partial charge in [-0.1, -0.05) is 17.7 Å². The van der Waals surface area contributed by atoms with Gasteiger partial charge in [0.2, 0.25) is 0 Å². The van der Waals surface area contributed by atoms with Crippen LogP contribution in [0, 0.1) is 0 Å². The normalized spacial score (nSPS) is 22.5. The van der Waals surface area contributed by atoms with Crippen molar-refractivity contribution in [2.45, 2.75) is 24.8 Å². The fourth-order valence-corrected chi connectivity index (χ4v) is 2.97. The second-order valence-corrected chi connectivity index (χ2v) is 5.01. The SMILES string of the molecule is Clc1cccc2c1CC1(CCNCC1)N2. The van der Waals surface area contributed by atoms with Gasteiger partial charge in [0, 0.05) is 16.2 Å². The minimum Gasteiger partial charge on any atom is -0.379 e. The van der Waals surface area contributed by atoms with Gasteiger partial charge in [-0.25, -0.2) is 0 Å². The molecule has 0 amide bonds. The Balaban J connectivity index is 1.94. The zero-order valence-electron chi connectivity index (χ0n) is 8.65. The summed E-state index contributed by atoms with van der Waals surface area (Å²) in [6.07, 6.45) is 3.47. The largest absolute Gasteiger partial charge is 0.379 e. The molecule has 15 heavy (non-hydrogen) atoms. The van der Waals surface area contributed by atoms with Crippen molar-refractivity contribution in [2.24, 2.45) is 0 Å². The van der Waals surface area contributed by atoms with Crippen LogP contribution in [0.5, 0.6) is 0 Å². The summed E-state index contributed by atoms with van der Waals surface area (Å²) in [5, 5.41) is 7.98. The molecule has 1 spiro atoms. The van der Waals surface area contributed by atoms with Gasteiger partial charge in [-0.2, -0.15) is 0 Å². The summed E-state index contributed by atoms with van der Waals surface area (Å²) < 4.78 is 0. The van der Waals surface area contributed by atoms with Crippen molar-refractivity contribution < 1.29 is 0 Å². The molecule has 2 heterocycles. The van der Waals surface area contributed by atoms with E-state index in [1.807, 2.05) is 12.1 Å². The predicted molar refractivity (Wildman–Crippen MR) is 63.6 cm³/mol. The van der Waals surface area contributed by atoms with Gasteiger partial charge in [-0.15, -0.1) is 0 Å². The van der Waals surface area contributed by atoms with Crippen LogP contribution < -0.4 is 10.6 Å². The van der Waals surface area contributed by atoms with Crippen LogP contribution in [0.25, 0.3) is 0 Å². The van der Waals surface area contributed by atoms with E-state index >= 15 is 0 Å². The average molecular weight is 223 g/mol. The van der Waals surface area contributed by atoms with Gasteiger partial charge in [-0.3, -0.25) is 0 Å². The van der Waals surface area contributed by atoms with Crippen molar-refractivity contribution in [1.29, 1.82) is 0 Å². The molecular weight excluding hydrogens is 208 g/mol. The van der Waals surface area contributed by atoms with Gasteiger partial charge in [0.1, 0.15) is 0 Å². The third-order valence-electron chi connectivity index (χ3n) is 3.59. The maximum absolute atomic E-state index is 6.22. The van der Waals surface area contributed by atoms with Crippen LogP contribution in [0.4, 0.5) is 5.69 Å². The molecule has 2 aliphatic heterocycles. The van der Waals surface area contributed by atoms with Crippen molar-refractivity contribution in [3.63, 3.8) is 0 Å². The molecule has 1 aromatic carbocycles. The van der Waals surface area contributed by atoms with E-state index in [0.29, 0.717) is 0 Å². The number of benzene rings is 1. The zero-order chi connectivity index (χ0) is 10.3. The summed E-state index contributed by atoms with van der Waals surface area (Å²) in [5.41, 5.74) is 2.82. The molecule has 1 aromatic rings. The number of hydrogen-bond acceptors (Lipinski definition) is 2. The molecule has 0 aromatic heterocycles. The van der Waals surface area contributed by atoms with Crippen LogP contribution in [-0.4, -0.2) is 18.6 Å². The van der Waals surface area contributed by atoms with Crippen molar-refractivity contribution in [2.75, 3.05) is 18.4 Å². The molecule has 1 fully saturated rings. The van der Waals surface area contributed by atoms with E-state index in [1.54, 1.807) is 0 Å². The lowest BCUT2D eigenvalue weighted by Gasteiger charge is -2.34. The van der Waals surface area contributed by atoms with E-state index in [-0.39, 0.29) is 5.54 Å². The smallest absolute Gasteiger partial charge is 0.0459 e. The molecular formula is C12H15ClN2. The highest BCUT2D eigenvalue weighted by Gasteiger charge is 2.38. The third kappa shape index (κ3) is 1.52. The minimum atomic E-state index is 0.276. The molecule has 1 saturated heterocycles. The Kier molecular flexibility index (Phi) is 2.15. The maximum Gasteiger partial charge on any atom is 0.0459 e. The molecule has 0 atom stereocenters. The summed E-state index contributed by atoms with van der Waals surface area (Å²) in [7, 11) is 0. The van der Waals surface area contributed by atoms with Crippen molar-refractivity contribution in [3.8, 4) is 0 Å². The van der Waals surface area contributed by atoms with Crippen molar-refractivity contribution in [1.82, 2.24) is 5.32 Å². The zero-order valence-corrected chi connectivity index (χ0v) is 9.40. The average Bonchev–Trinajstić information content (AvgIpc) is 2.59. The monoisotopic (exact) mass is 222 g/mol. The van der Waals surface area contributed by atoms with Gasteiger partial charge >= 0.3 is 0 Å². The van der Waals surface area contributed by atoms with Crippen molar-refractivity contribution >= 4 is 17.3 Å². The van der Waals surface area contributed by atoms with Crippen LogP contribution in [0.15, 0.2) is 18.2 Å². The van der Waals surface area contributed by atoms with Crippen LogP contribution in [0.3, 0.4) is 0 Å². The lowest BCUT2D eigenvalue weighted by atomic mass is 9.86. The molecule has 3 rings (SSSR count). The summed E-state index contributed by atoms with van der Waals surface area (Å²) in [5.74, 6) is 0. The molecule has 0 aliphatic carbocycles. The van der Waals surface area contributed by atoms with Crippen LogP contribution in [-0.2, 0) is 6.42 Å². The van der Waals surface area contributed by atoms with E-state index in [9.17, 15) is 0 Å². The topological polar surface area (TPSA) is 24.1 Å². The Morgan fingerprint density at radius 3 is 2.73 bits per heavy atom. The first kappa shape index (κ1) is 9.49. The number of halogens is 1. The Morgan fingerprint density at radius 2 is 2.00 bits per heavy atom. The molecule has 2 N–H and O–H groups in total. The molecule has 2 nitrogen and oxygen atoms in total. The second kappa shape index (κ2) is 3.39. The van der Waals surface area contributed by atoms with Crippen LogP contribution in [0.2, 0.25) is 5.02 Å². The summed E-state index contributed by atoms with van der Waals surface area (Å²) in [6, 6.07) is 6.15. The minimum absolute atomic E-state index is 0.276. The molecule has 80 valence electrons. The number of nitrogens with one attached hydrogen (secondary N) is 2. The standard InChI is InChI=1S/C12H15ClN2/c13-10-2-1-3-11-9(10)8-12(15-11)4-6-14-7-5-12/h1-3,14-15H,4-8H2. The summed E-state index contributed by atoms with van der Waals surface area (Å²) in [4.78, 5) is 0. The third-order valence-corrected chi connectivity index (χ3v) is 3.95.